The third-order valence-corrected chi connectivity index (χ3v) is 6.38. The molecule has 0 bridgehead atoms. The van der Waals surface area contributed by atoms with Crippen molar-refractivity contribution in [1.29, 1.82) is 0 Å². The molecule has 0 N–H and O–H groups in total. The molecule has 1 saturated heterocycles. The van der Waals surface area contributed by atoms with Crippen molar-refractivity contribution in [2.24, 2.45) is 0 Å². The number of hydrogen-bond donors (Lipinski definition) is 0. The minimum Gasteiger partial charge on any atom is -0.364 e. The standard InChI is InChI=1S/C16H16ClN5O3S/c17-12-1-2-14-15(9-12)18-11-19-16(14)21-4-6-22(7-5-21)26(23,24)10-13-3-8-25-20-13/h1-3,8-9,11H,4-7,10H2. The number of halogens is 1. The molecule has 2 aromatic heterocycles. The minimum absolute atomic E-state index is 0.154. The lowest BCUT2D eigenvalue weighted by Gasteiger charge is -2.34. The highest BCUT2D eigenvalue weighted by molar-refractivity contribution is 7.88. The molecule has 136 valence electrons. The number of anilines is 1. The largest absolute Gasteiger partial charge is 0.364 e. The Morgan fingerprint density at radius 1 is 1.12 bits per heavy atom. The SMILES string of the molecule is O=S(=O)(Cc1ccon1)N1CCN(c2ncnc3cc(Cl)ccc23)CC1. The Bertz CT molecular complexity index is 1020. The Hall–Kier alpha value is -2.23. The maximum absolute atomic E-state index is 12.5. The molecule has 0 unspecified atom stereocenters. The van der Waals surface area contributed by atoms with Gasteiger partial charge >= 0.3 is 0 Å². The first-order valence-corrected chi connectivity index (χ1v) is 10.0. The lowest BCUT2D eigenvalue weighted by molar-refractivity contribution is 0.381. The summed E-state index contributed by atoms with van der Waals surface area (Å²) in [7, 11) is -3.43. The molecule has 3 heterocycles. The van der Waals surface area contributed by atoms with Crippen molar-refractivity contribution in [2.45, 2.75) is 5.75 Å². The van der Waals surface area contributed by atoms with Crippen LogP contribution in [0.4, 0.5) is 5.82 Å². The highest BCUT2D eigenvalue weighted by atomic mass is 35.5. The van der Waals surface area contributed by atoms with Crippen LogP contribution in [0, 0.1) is 0 Å². The summed E-state index contributed by atoms with van der Waals surface area (Å²) in [6, 6.07) is 7.04. The van der Waals surface area contributed by atoms with Crippen LogP contribution in [0.5, 0.6) is 0 Å². The van der Waals surface area contributed by atoms with E-state index in [1.165, 1.54) is 16.9 Å². The number of piperazine rings is 1. The summed E-state index contributed by atoms with van der Waals surface area (Å²) in [5.74, 6) is 0.638. The Morgan fingerprint density at radius 3 is 2.65 bits per heavy atom. The van der Waals surface area contributed by atoms with Crippen LogP contribution in [0.2, 0.25) is 5.02 Å². The summed E-state index contributed by atoms with van der Waals surface area (Å²) in [6.45, 7) is 1.87. The van der Waals surface area contributed by atoms with E-state index in [1.54, 1.807) is 18.2 Å². The Morgan fingerprint density at radius 2 is 1.92 bits per heavy atom. The molecule has 1 aliphatic heterocycles. The predicted molar refractivity (Wildman–Crippen MR) is 97.5 cm³/mol. The van der Waals surface area contributed by atoms with Gasteiger partial charge in [-0.3, -0.25) is 0 Å². The van der Waals surface area contributed by atoms with Crippen molar-refractivity contribution >= 4 is 38.3 Å². The van der Waals surface area contributed by atoms with E-state index in [0.717, 1.165) is 16.7 Å². The third-order valence-electron chi connectivity index (χ3n) is 4.33. The van der Waals surface area contributed by atoms with Crippen LogP contribution >= 0.6 is 11.6 Å². The van der Waals surface area contributed by atoms with E-state index >= 15 is 0 Å². The molecule has 3 aromatic rings. The number of sulfonamides is 1. The number of aromatic nitrogens is 3. The molecule has 0 saturated carbocycles. The smallest absolute Gasteiger partial charge is 0.220 e. The molecule has 0 radical (unpaired) electrons. The highest BCUT2D eigenvalue weighted by Gasteiger charge is 2.28. The summed E-state index contributed by atoms with van der Waals surface area (Å²) in [4.78, 5) is 10.7. The van der Waals surface area contributed by atoms with Gasteiger partial charge in [-0.25, -0.2) is 18.4 Å². The Labute approximate surface area is 155 Å². The predicted octanol–water partition coefficient (Wildman–Crippen LogP) is 1.92. The average Bonchev–Trinajstić information content (AvgIpc) is 3.13. The molecule has 0 spiro atoms. The third kappa shape index (κ3) is 3.37. The van der Waals surface area contributed by atoms with Crippen molar-refractivity contribution in [3.63, 3.8) is 0 Å². The van der Waals surface area contributed by atoms with Crippen LogP contribution in [-0.2, 0) is 15.8 Å². The normalized spacial score (nSPS) is 16.3. The van der Waals surface area contributed by atoms with E-state index in [2.05, 4.69) is 20.0 Å². The topological polar surface area (TPSA) is 92.4 Å². The van der Waals surface area contributed by atoms with Gasteiger partial charge in [-0.15, -0.1) is 0 Å². The first kappa shape index (κ1) is 17.2. The minimum atomic E-state index is -3.43. The Kier molecular flexibility index (Phi) is 4.51. The molecule has 1 aliphatic rings. The first-order chi connectivity index (χ1) is 12.5. The maximum atomic E-state index is 12.5. The van der Waals surface area contributed by atoms with Gasteiger partial charge < -0.3 is 9.42 Å². The zero-order chi connectivity index (χ0) is 18.1. The van der Waals surface area contributed by atoms with Crippen LogP contribution in [0.3, 0.4) is 0 Å². The van der Waals surface area contributed by atoms with Crippen LogP contribution in [0.25, 0.3) is 10.9 Å². The molecule has 1 fully saturated rings. The van der Waals surface area contributed by atoms with Crippen molar-refractivity contribution in [1.82, 2.24) is 19.4 Å². The van der Waals surface area contributed by atoms with Gasteiger partial charge in [0, 0.05) is 42.7 Å². The highest BCUT2D eigenvalue weighted by Crippen LogP contribution is 2.26. The fourth-order valence-corrected chi connectivity index (χ4v) is 4.63. The molecule has 0 amide bonds. The number of hydrogen-bond acceptors (Lipinski definition) is 7. The van der Waals surface area contributed by atoms with Crippen LogP contribution in [-0.4, -0.2) is 54.0 Å². The number of rotatable bonds is 4. The van der Waals surface area contributed by atoms with Crippen molar-refractivity contribution in [3.05, 3.63) is 47.6 Å². The van der Waals surface area contributed by atoms with Gasteiger partial charge in [-0.2, -0.15) is 4.31 Å². The van der Waals surface area contributed by atoms with Crippen LogP contribution in [0.1, 0.15) is 5.69 Å². The lowest BCUT2D eigenvalue weighted by atomic mass is 10.2. The number of nitrogens with zero attached hydrogens (tertiary/aromatic N) is 5. The quantitative estimate of drug-likeness (QED) is 0.668. The molecule has 10 heteroatoms. The van der Waals surface area contributed by atoms with Gasteiger partial charge in [-0.05, 0) is 18.2 Å². The lowest BCUT2D eigenvalue weighted by Crippen LogP contribution is -2.49. The van der Waals surface area contributed by atoms with E-state index in [4.69, 9.17) is 16.1 Å². The zero-order valence-corrected chi connectivity index (χ0v) is 15.3. The molecule has 0 aliphatic carbocycles. The molecule has 0 atom stereocenters. The summed E-state index contributed by atoms with van der Waals surface area (Å²) in [6.07, 6.45) is 2.87. The molecular weight excluding hydrogens is 378 g/mol. The summed E-state index contributed by atoms with van der Waals surface area (Å²) in [5, 5.41) is 5.20. The summed E-state index contributed by atoms with van der Waals surface area (Å²) < 4.78 is 31.3. The van der Waals surface area contributed by atoms with E-state index < -0.39 is 10.0 Å². The number of fused-ring (bicyclic) bond motifs is 1. The molecule has 1 aromatic carbocycles. The monoisotopic (exact) mass is 393 g/mol. The molecule has 26 heavy (non-hydrogen) atoms. The van der Waals surface area contributed by atoms with Gasteiger partial charge in [0.2, 0.25) is 10.0 Å². The Balaban J connectivity index is 1.50. The fourth-order valence-electron chi connectivity index (χ4n) is 3.04. The van der Waals surface area contributed by atoms with Crippen LogP contribution in [0.15, 0.2) is 41.4 Å². The first-order valence-electron chi connectivity index (χ1n) is 8.05. The number of benzene rings is 1. The van der Waals surface area contributed by atoms with Gasteiger partial charge in [-0.1, -0.05) is 16.8 Å². The fraction of sp³-hybridized carbons (Fsp3) is 0.312. The van der Waals surface area contributed by atoms with E-state index in [0.29, 0.717) is 36.9 Å². The van der Waals surface area contributed by atoms with Crippen molar-refractivity contribution < 1.29 is 12.9 Å². The van der Waals surface area contributed by atoms with Crippen LogP contribution < -0.4 is 4.90 Å². The van der Waals surface area contributed by atoms with Gasteiger partial charge in [0.15, 0.2) is 0 Å². The summed E-state index contributed by atoms with van der Waals surface area (Å²) >= 11 is 6.03. The van der Waals surface area contributed by atoms with Gasteiger partial charge in [0.25, 0.3) is 0 Å². The average molecular weight is 394 g/mol. The van der Waals surface area contributed by atoms with E-state index in [1.807, 2.05) is 6.07 Å². The molecular formula is C16H16ClN5O3S. The van der Waals surface area contributed by atoms with Gasteiger partial charge in [0.05, 0.1) is 11.2 Å². The summed E-state index contributed by atoms with van der Waals surface area (Å²) in [5.41, 5.74) is 1.18. The second-order valence-corrected chi connectivity index (χ2v) is 8.40. The second-order valence-electron chi connectivity index (χ2n) is 5.99. The zero-order valence-electron chi connectivity index (χ0n) is 13.7. The molecule has 4 rings (SSSR count). The maximum Gasteiger partial charge on any atom is 0.220 e. The van der Waals surface area contributed by atoms with E-state index in [9.17, 15) is 8.42 Å². The van der Waals surface area contributed by atoms with Crippen molar-refractivity contribution in [3.8, 4) is 0 Å². The molecule has 8 nitrogen and oxygen atoms in total. The van der Waals surface area contributed by atoms with Gasteiger partial charge in [0.1, 0.15) is 24.2 Å². The second kappa shape index (κ2) is 6.82. The van der Waals surface area contributed by atoms with Crippen molar-refractivity contribution in [2.75, 3.05) is 31.1 Å². The van der Waals surface area contributed by atoms with E-state index in [-0.39, 0.29) is 5.75 Å².